The Morgan fingerprint density at radius 1 is 1.10 bits per heavy atom. The molecule has 3 amide bonds. The summed E-state index contributed by atoms with van der Waals surface area (Å²) < 4.78 is 5.76. The largest absolute Gasteiger partial charge is 0.455 e. The van der Waals surface area contributed by atoms with Crippen molar-refractivity contribution in [1.29, 1.82) is 0 Å². The molecule has 0 unspecified atom stereocenters. The first-order chi connectivity index (χ1) is 19.4. The number of benzene rings is 1. The fraction of sp³-hybridized carbons (Fsp3) is 0.516. The summed E-state index contributed by atoms with van der Waals surface area (Å²) in [6.07, 6.45) is 4.74. The van der Waals surface area contributed by atoms with Crippen LogP contribution in [0.2, 0.25) is 0 Å². The predicted octanol–water partition coefficient (Wildman–Crippen LogP) is 3.42. The molecule has 2 aromatic rings. The van der Waals surface area contributed by atoms with E-state index in [1.807, 2.05) is 70.2 Å². The lowest BCUT2D eigenvalue weighted by atomic mass is 9.84. The second-order valence-electron chi connectivity index (χ2n) is 11.6. The molecule has 1 aromatic heterocycles. The molecule has 5 atom stereocenters. The molecule has 3 N–H and O–H groups in total. The molecule has 3 heterocycles. The van der Waals surface area contributed by atoms with Gasteiger partial charge >= 0.3 is 5.97 Å². The van der Waals surface area contributed by atoms with Crippen LogP contribution < -0.4 is 16.1 Å². The van der Waals surface area contributed by atoms with Gasteiger partial charge in [0.2, 0.25) is 11.8 Å². The Balaban J connectivity index is 1.72. The van der Waals surface area contributed by atoms with Crippen molar-refractivity contribution in [2.75, 3.05) is 6.54 Å². The fourth-order valence-corrected chi connectivity index (χ4v) is 4.99. The summed E-state index contributed by atoms with van der Waals surface area (Å²) in [5.41, 5.74) is 4.30. The van der Waals surface area contributed by atoms with E-state index in [0.717, 1.165) is 16.5 Å². The number of carbonyl (C=O) groups is 4. The summed E-state index contributed by atoms with van der Waals surface area (Å²) in [4.78, 5) is 57.9. The molecule has 1 fully saturated rings. The van der Waals surface area contributed by atoms with Gasteiger partial charge in [-0.05, 0) is 63.6 Å². The Labute approximate surface area is 241 Å². The maximum Gasteiger partial charge on any atom is 0.325 e. The second-order valence-corrected chi connectivity index (χ2v) is 11.6. The average molecular weight is 564 g/mol. The minimum absolute atomic E-state index is 0.219. The Morgan fingerprint density at radius 2 is 1.83 bits per heavy atom. The number of ether oxygens (including phenoxy) is 1. The lowest BCUT2D eigenvalue weighted by Crippen LogP contribution is -2.61. The number of amides is 3. The number of esters is 1. The van der Waals surface area contributed by atoms with E-state index >= 15 is 0 Å². The summed E-state index contributed by atoms with van der Waals surface area (Å²) in [7, 11) is 0. The van der Waals surface area contributed by atoms with Crippen LogP contribution >= 0.6 is 0 Å². The number of cyclic esters (lactones) is 1. The van der Waals surface area contributed by atoms with E-state index in [2.05, 4.69) is 16.1 Å². The molecule has 1 saturated heterocycles. The van der Waals surface area contributed by atoms with Gasteiger partial charge in [-0.3, -0.25) is 24.2 Å². The zero-order chi connectivity index (χ0) is 29.9. The second kappa shape index (κ2) is 12.4. The van der Waals surface area contributed by atoms with Crippen LogP contribution in [0.15, 0.2) is 36.4 Å². The Bertz CT molecular complexity index is 1360. The molecule has 220 valence electrons. The van der Waals surface area contributed by atoms with Crippen molar-refractivity contribution in [1.82, 2.24) is 26.1 Å². The Morgan fingerprint density at radius 3 is 2.54 bits per heavy atom. The van der Waals surface area contributed by atoms with E-state index in [9.17, 15) is 19.2 Å². The highest BCUT2D eigenvalue weighted by Gasteiger charge is 2.36. The summed E-state index contributed by atoms with van der Waals surface area (Å²) >= 11 is 0. The lowest BCUT2D eigenvalue weighted by Gasteiger charge is -2.35. The van der Waals surface area contributed by atoms with E-state index in [1.54, 1.807) is 13.8 Å². The molecule has 0 spiro atoms. The number of hydrazine groups is 1. The molecule has 2 aliphatic rings. The van der Waals surface area contributed by atoms with Crippen molar-refractivity contribution in [2.24, 2.45) is 11.3 Å². The highest BCUT2D eigenvalue weighted by Crippen LogP contribution is 2.27. The number of fused-ring (bicyclic) bond motifs is 4. The van der Waals surface area contributed by atoms with Gasteiger partial charge in [-0.15, -0.1) is 0 Å². The molecule has 5 bridgehead atoms. The number of aromatic nitrogens is 1. The molecule has 1 aromatic carbocycles. The van der Waals surface area contributed by atoms with Crippen LogP contribution in [-0.2, 0) is 23.9 Å². The minimum Gasteiger partial charge on any atom is -0.455 e. The van der Waals surface area contributed by atoms with E-state index in [1.165, 1.54) is 5.01 Å². The summed E-state index contributed by atoms with van der Waals surface area (Å²) in [5, 5.41) is 7.98. The van der Waals surface area contributed by atoms with Crippen molar-refractivity contribution in [3.8, 4) is 0 Å². The molecule has 2 aliphatic heterocycles. The summed E-state index contributed by atoms with van der Waals surface area (Å²) in [5.74, 6) is -1.79. The van der Waals surface area contributed by atoms with Crippen molar-refractivity contribution >= 4 is 40.7 Å². The normalized spacial score (nSPS) is 29.2. The molecule has 0 saturated carbocycles. The van der Waals surface area contributed by atoms with Gasteiger partial charge in [-0.25, -0.2) is 10.4 Å². The third kappa shape index (κ3) is 6.75. The van der Waals surface area contributed by atoms with Gasteiger partial charge in [0.1, 0.15) is 24.2 Å². The van der Waals surface area contributed by atoms with E-state index < -0.39 is 41.5 Å². The Hall–Kier alpha value is -3.79. The minimum atomic E-state index is -0.882. The van der Waals surface area contributed by atoms with Gasteiger partial charge in [-0.2, -0.15) is 0 Å². The molecule has 4 rings (SSSR count). The van der Waals surface area contributed by atoms with Gasteiger partial charge < -0.3 is 15.4 Å². The van der Waals surface area contributed by atoms with Crippen LogP contribution in [-0.4, -0.2) is 58.4 Å². The number of rotatable bonds is 2. The number of hydrogen-bond donors (Lipinski definition) is 3. The summed E-state index contributed by atoms with van der Waals surface area (Å²) in [6, 6.07) is 7.19. The first-order valence-corrected chi connectivity index (χ1v) is 14.4. The number of nitrogens with zero attached hydrogens (tertiary/aromatic N) is 2. The average Bonchev–Trinajstić information content (AvgIpc) is 2.96. The topological polar surface area (TPSA) is 130 Å². The molecule has 0 aliphatic carbocycles. The highest BCUT2D eigenvalue weighted by molar-refractivity contribution is 5.94. The van der Waals surface area contributed by atoms with Crippen molar-refractivity contribution in [2.45, 2.75) is 85.0 Å². The number of hydrogen-bond acceptors (Lipinski definition) is 7. The third-order valence-corrected chi connectivity index (χ3v) is 8.05. The smallest absolute Gasteiger partial charge is 0.325 e. The molecule has 0 radical (unpaired) electrons. The quantitative estimate of drug-likeness (QED) is 0.478. The van der Waals surface area contributed by atoms with E-state index in [-0.39, 0.29) is 17.7 Å². The molecular weight excluding hydrogens is 522 g/mol. The first kappa shape index (κ1) is 30.2. The van der Waals surface area contributed by atoms with Crippen LogP contribution in [0.25, 0.3) is 17.0 Å². The van der Waals surface area contributed by atoms with Crippen LogP contribution in [0.3, 0.4) is 0 Å². The van der Waals surface area contributed by atoms with Crippen LogP contribution in [0.5, 0.6) is 0 Å². The van der Waals surface area contributed by atoms with Crippen molar-refractivity contribution < 1.29 is 23.9 Å². The van der Waals surface area contributed by atoms with Gasteiger partial charge in [0, 0.05) is 11.9 Å². The predicted molar refractivity (Wildman–Crippen MR) is 156 cm³/mol. The third-order valence-electron chi connectivity index (χ3n) is 8.05. The van der Waals surface area contributed by atoms with E-state index in [4.69, 9.17) is 9.72 Å². The number of nitrogens with one attached hydrogen (secondary N) is 3. The van der Waals surface area contributed by atoms with Gasteiger partial charge in [0.05, 0.1) is 16.6 Å². The van der Waals surface area contributed by atoms with Crippen LogP contribution in [0, 0.1) is 11.3 Å². The van der Waals surface area contributed by atoms with Gasteiger partial charge in [0.25, 0.3) is 5.91 Å². The van der Waals surface area contributed by atoms with E-state index in [0.29, 0.717) is 31.5 Å². The zero-order valence-electron chi connectivity index (χ0n) is 24.7. The molecule has 41 heavy (non-hydrogen) atoms. The van der Waals surface area contributed by atoms with Crippen molar-refractivity contribution in [3.05, 3.63) is 47.7 Å². The SMILES string of the molecule is CC[C@]1(C)/C=C/c2ccc3ccc(nc3c2)[C@@H](C)OC(=O)[C@@H]2CCCN(N2)C(=O)[C@H](C)NC(=O)[C@H](C(C)C)NC1=O. The maximum absolute atomic E-state index is 13.5. The number of pyridine rings is 1. The van der Waals surface area contributed by atoms with Gasteiger partial charge in [-0.1, -0.05) is 51.1 Å². The summed E-state index contributed by atoms with van der Waals surface area (Å²) in [6.45, 7) is 11.2. The van der Waals surface area contributed by atoms with Gasteiger partial charge in [0.15, 0.2) is 0 Å². The first-order valence-electron chi connectivity index (χ1n) is 14.4. The maximum atomic E-state index is 13.5. The molecule has 10 heteroatoms. The highest BCUT2D eigenvalue weighted by atomic mass is 16.5. The monoisotopic (exact) mass is 563 g/mol. The standard InChI is InChI=1S/C31H41N5O5/c1-7-31(6)15-14-21-10-11-22-12-13-23(33-25(22)17-21)20(5)41-29(39)24-9-8-16-36(35-24)28(38)19(4)32-27(37)26(18(2)3)34-30(31)40/h10-15,17-20,24,26,35H,7-9,16H2,1-6H3,(H,32,37)(H,34,40)/b15-14+/t19-,20+,24-,26-,31+/m0/s1. The zero-order valence-corrected chi connectivity index (χ0v) is 24.7. The number of carbonyl (C=O) groups excluding carboxylic acids is 4. The lowest BCUT2D eigenvalue weighted by molar-refractivity contribution is -0.157. The fourth-order valence-electron chi connectivity index (χ4n) is 4.99. The Kier molecular flexibility index (Phi) is 9.11. The molecule has 10 nitrogen and oxygen atoms in total. The molecular formula is C31H41N5O5. The van der Waals surface area contributed by atoms with Crippen LogP contribution in [0.4, 0.5) is 0 Å². The van der Waals surface area contributed by atoms with Crippen LogP contribution in [0.1, 0.15) is 78.2 Å². The van der Waals surface area contributed by atoms with Crippen molar-refractivity contribution in [3.63, 3.8) is 0 Å².